The zero-order valence-electron chi connectivity index (χ0n) is 17.6. The average molecular weight is 413 g/mol. The Bertz CT molecular complexity index is 730. The molecule has 2 heterocycles. The van der Waals surface area contributed by atoms with Gasteiger partial charge in [-0.3, -0.25) is 9.69 Å². The number of piperazine rings is 1. The molecule has 7 nitrogen and oxygen atoms in total. The second-order valence-electron chi connectivity index (χ2n) is 7.82. The number of amides is 3. The van der Waals surface area contributed by atoms with Crippen molar-refractivity contribution in [2.24, 2.45) is 0 Å². The summed E-state index contributed by atoms with van der Waals surface area (Å²) in [5.74, 6) is 3.41. The van der Waals surface area contributed by atoms with Crippen molar-refractivity contribution in [1.29, 1.82) is 0 Å². The van der Waals surface area contributed by atoms with Crippen molar-refractivity contribution in [1.82, 2.24) is 20.0 Å². The molecule has 30 heavy (non-hydrogen) atoms. The van der Waals surface area contributed by atoms with E-state index in [0.29, 0.717) is 26.2 Å². The van der Waals surface area contributed by atoms with Crippen LogP contribution in [0.5, 0.6) is 5.75 Å². The highest BCUT2D eigenvalue weighted by Gasteiger charge is 2.24. The predicted octanol–water partition coefficient (Wildman–Crippen LogP) is 1.58. The van der Waals surface area contributed by atoms with Gasteiger partial charge in [0.25, 0.3) is 0 Å². The van der Waals surface area contributed by atoms with Crippen LogP contribution < -0.4 is 10.1 Å². The molecule has 1 aromatic carbocycles. The molecule has 1 aromatic rings. The number of carbonyl (C=O) groups is 2. The van der Waals surface area contributed by atoms with Gasteiger partial charge in [0.15, 0.2) is 0 Å². The number of terminal acetylenes is 1. The monoisotopic (exact) mass is 412 g/mol. The van der Waals surface area contributed by atoms with Crippen molar-refractivity contribution in [3.63, 3.8) is 0 Å². The van der Waals surface area contributed by atoms with Gasteiger partial charge >= 0.3 is 6.03 Å². The Balaban J connectivity index is 1.32. The summed E-state index contributed by atoms with van der Waals surface area (Å²) >= 11 is 0. The Labute approximate surface area is 179 Å². The molecule has 0 atom stereocenters. The first-order chi connectivity index (χ1) is 14.7. The Kier molecular flexibility index (Phi) is 8.40. The summed E-state index contributed by atoms with van der Waals surface area (Å²) in [5.41, 5.74) is 1.13. The molecular weight excluding hydrogens is 380 g/mol. The zero-order chi connectivity index (χ0) is 21.2. The number of piperidine rings is 1. The molecule has 2 fully saturated rings. The molecule has 2 aliphatic heterocycles. The van der Waals surface area contributed by atoms with Gasteiger partial charge in [-0.15, -0.1) is 6.42 Å². The first-order valence-electron chi connectivity index (χ1n) is 10.8. The molecule has 3 amide bonds. The van der Waals surface area contributed by atoms with Crippen LogP contribution >= 0.6 is 0 Å². The SMILES string of the molecule is C#CCOc1ccc(CCNC(=O)N2CCN(CC(=O)N3CCCCC3)CC2)cc1. The van der Waals surface area contributed by atoms with Crippen molar-refractivity contribution in [3.05, 3.63) is 29.8 Å². The molecule has 162 valence electrons. The van der Waals surface area contributed by atoms with Crippen LogP contribution in [0.1, 0.15) is 24.8 Å². The molecule has 1 N–H and O–H groups in total. The van der Waals surface area contributed by atoms with E-state index in [1.807, 2.05) is 34.1 Å². The quantitative estimate of drug-likeness (QED) is 0.691. The Morgan fingerprint density at radius 1 is 0.967 bits per heavy atom. The first-order valence-corrected chi connectivity index (χ1v) is 10.8. The second kappa shape index (κ2) is 11.5. The molecule has 0 spiro atoms. The lowest BCUT2D eigenvalue weighted by Crippen LogP contribution is -2.54. The minimum atomic E-state index is -0.0361. The number of carbonyl (C=O) groups excluding carboxylic acids is 2. The number of nitrogens with zero attached hydrogens (tertiary/aromatic N) is 3. The Morgan fingerprint density at radius 2 is 1.67 bits per heavy atom. The van der Waals surface area contributed by atoms with Crippen LogP contribution in [0.3, 0.4) is 0 Å². The van der Waals surface area contributed by atoms with Crippen LogP contribution in [-0.2, 0) is 11.2 Å². The fourth-order valence-corrected chi connectivity index (χ4v) is 3.85. The number of urea groups is 1. The number of nitrogens with one attached hydrogen (secondary N) is 1. The molecule has 0 unspecified atom stereocenters. The van der Waals surface area contributed by atoms with E-state index in [1.165, 1.54) is 6.42 Å². The molecule has 7 heteroatoms. The number of benzene rings is 1. The summed E-state index contributed by atoms with van der Waals surface area (Å²) in [7, 11) is 0. The van der Waals surface area contributed by atoms with E-state index < -0.39 is 0 Å². The lowest BCUT2D eigenvalue weighted by Gasteiger charge is -2.36. The number of hydrogen-bond acceptors (Lipinski definition) is 4. The van der Waals surface area contributed by atoms with Gasteiger partial charge in [-0.2, -0.15) is 0 Å². The number of likely N-dealkylation sites (tertiary alicyclic amines) is 1. The minimum absolute atomic E-state index is 0.0361. The van der Waals surface area contributed by atoms with Crippen LogP contribution in [0.15, 0.2) is 24.3 Å². The average Bonchev–Trinajstić information content (AvgIpc) is 2.79. The maximum Gasteiger partial charge on any atom is 0.317 e. The summed E-state index contributed by atoms with van der Waals surface area (Å²) in [4.78, 5) is 30.8. The maximum absolute atomic E-state index is 12.4. The largest absolute Gasteiger partial charge is 0.481 e. The molecule has 0 aliphatic carbocycles. The van der Waals surface area contributed by atoms with Gasteiger partial charge in [0.2, 0.25) is 5.91 Å². The van der Waals surface area contributed by atoms with Crippen LogP contribution in [0, 0.1) is 12.3 Å². The van der Waals surface area contributed by atoms with Crippen molar-refractivity contribution in [2.45, 2.75) is 25.7 Å². The summed E-state index contributed by atoms with van der Waals surface area (Å²) in [6.07, 6.45) is 9.39. The third-order valence-electron chi connectivity index (χ3n) is 5.66. The van der Waals surface area contributed by atoms with Crippen molar-refractivity contribution in [3.8, 4) is 18.1 Å². The number of rotatable bonds is 7. The van der Waals surface area contributed by atoms with E-state index in [9.17, 15) is 9.59 Å². The van der Waals surface area contributed by atoms with Gasteiger partial charge in [0.05, 0.1) is 6.54 Å². The normalized spacial score (nSPS) is 17.3. The fourth-order valence-electron chi connectivity index (χ4n) is 3.85. The van der Waals surface area contributed by atoms with Gasteiger partial charge in [0.1, 0.15) is 12.4 Å². The van der Waals surface area contributed by atoms with E-state index in [4.69, 9.17) is 11.2 Å². The molecule has 0 aromatic heterocycles. The number of ether oxygens (including phenoxy) is 1. The smallest absolute Gasteiger partial charge is 0.317 e. The van der Waals surface area contributed by atoms with E-state index >= 15 is 0 Å². The molecule has 2 saturated heterocycles. The third kappa shape index (κ3) is 6.67. The summed E-state index contributed by atoms with van der Waals surface area (Å²) in [6, 6.07) is 7.70. The van der Waals surface area contributed by atoms with Gasteiger partial charge in [-0.05, 0) is 43.4 Å². The van der Waals surface area contributed by atoms with Gasteiger partial charge in [0, 0.05) is 45.8 Å². The first kappa shape index (κ1) is 22.0. The topological polar surface area (TPSA) is 65.1 Å². The molecular formula is C23H32N4O3. The van der Waals surface area contributed by atoms with E-state index in [1.54, 1.807) is 0 Å². The highest BCUT2D eigenvalue weighted by atomic mass is 16.5. The standard InChI is InChI=1S/C23H32N4O3/c1-2-18-30-21-8-6-20(7-9-21)10-11-24-23(29)27-16-14-25(15-17-27)19-22(28)26-12-4-3-5-13-26/h1,6-9H,3-5,10-19H2,(H,24,29). The maximum atomic E-state index is 12.4. The summed E-state index contributed by atoms with van der Waals surface area (Å²) < 4.78 is 5.36. The van der Waals surface area contributed by atoms with E-state index in [-0.39, 0.29) is 18.5 Å². The lowest BCUT2D eigenvalue weighted by atomic mass is 10.1. The van der Waals surface area contributed by atoms with E-state index in [2.05, 4.69) is 16.1 Å². The van der Waals surface area contributed by atoms with Crippen molar-refractivity contribution in [2.75, 3.05) is 59.0 Å². The van der Waals surface area contributed by atoms with Gasteiger partial charge < -0.3 is 19.9 Å². The van der Waals surface area contributed by atoms with E-state index in [0.717, 1.165) is 56.8 Å². The van der Waals surface area contributed by atoms with Crippen LogP contribution in [0.2, 0.25) is 0 Å². The summed E-state index contributed by atoms with van der Waals surface area (Å²) in [5, 5.41) is 2.99. The van der Waals surface area contributed by atoms with Crippen LogP contribution in [0.25, 0.3) is 0 Å². The highest BCUT2D eigenvalue weighted by Crippen LogP contribution is 2.13. The summed E-state index contributed by atoms with van der Waals surface area (Å²) in [6.45, 7) is 5.88. The van der Waals surface area contributed by atoms with Crippen molar-refractivity contribution >= 4 is 11.9 Å². The lowest BCUT2D eigenvalue weighted by molar-refractivity contribution is -0.133. The Morgan fingerprint density at radius 3 is 2.33 bits per heavy atom. The van der Waals surface area contributed by atoms with Gasteiger partial charge in [-0.1, -0.05) is 18.1 Å². The van der Waals surface area contributed by atoms with Crippen molar-refractivity contribution < 1.29 is 14.3 Å². The van der Waals surface area contributed by atoms with Gasteiger partial charge in [-0.25, -0.2) is 4.79 Å². The second-order valence-corrected chi connectivity index (χ2v) is 7.82. The molecule has 2 aliphatic rings. The highest BCUT2D eigenvalue weighted by molar-refractivity contribution is 5.78. The number of hydrogen-bond donors (Lipinski definition) is 1. The molecule has 0 saturated carbocycles. The van der Waals surface area contributed by atoms with Crippen LogP contribution in [0.4, 0.5) is 4.79 Å². The molecule has 3 rings (SSSR count). The predicted molar refractivity (Wildman–Crippen MR) is 116 cm³/mol. The fraction of sp³-hybridized carbons (Fsp3) is 0.565. The van der Waals surface area contributed by atoms with Crippen LogP contribution in [-0.4, -0.2) is 85.6 Å². The third-order valence-corrected chi connectivity index (χ3v) is 5.66. The molecule has 0 bridgehead atoms. The Hall–Kier alpha value is -2.72. The minimum Gasteiger partial charge on any atom is -0.481 e. The zero-order valence-corrected chi connectivity index (χ0v) is 17.6. The molecule has 0 radical (unpaired) electrons.